The van der Waals surface area contributed by atoms with E-state index in [9.17, 15) is 19.2 Å². The van der Waals surface area contributed by atoms with Gasteiger partial charge in [0.2, 0.25) is 11.8 Å². The van der Waals surface area contributed by atoms with E-state index in [4.69, 9.17) is 0 Å². The first-order valence-electron chi connectivity index (χ1n) is 9.34. The van der Waals surface area contributed by atoms with Crippen LogP contribution in [0.2, 0.25) is 0 Å². The van der Waals surface area contributed by atoms with Gasteiger partial charge in [-0.2, -0.15) is 0 Å². The smallest absolute Gasteiger partial charge is 0.262 e. The third-order valence-corrected chi connectivity index (χ3v) is 5.18. The summed E-state index contributed by atoms with van der Waals surface area (Å²) in [4.78, 5) is 50.2. The molecule has 4 amide bonds. The monoisotopic (exact) mass is 370 g/mol. The van der Waals surface area contributed by atoms with Crippen molar-refractivity contribution in [1.29, 1.82) is 0 Å². The fraction of sp³-hybridized carbons (Fsp3) is 0.474. The van der Waals surface area contributed by atoms with Crippen LogP contribution in [-0.4, -0.2) is 53.7 Å². The second-order valence-electron chi connectivity index (χ2n) is 7.19. The Kier molecular flexibility index (Phi) is 4.75. The van der Waals surface area contributed by atoms with Gasteiger partial charge in [0.05, 0.1) is 11.1 Å². The number of piperidine rings is 1. The van der Waals surface area contributed by atoms with Gasteiger partial charge in [-0.15, -0.1) is 0 Å². The van der Waals surface area contributed by atoms with Crippen LogP contribution in [0.15, 0.2) is 18.2 Å². The fourth-order valence-electron chi connectivity index (χ4n) is 3.61. The molecule has 2 fully saturated rings. The Morgan fingerprint density at radius 1 is 1.04 bits per heavy atom. The van der Waals surface area contributed by atoms with Crippen molar-refractivity contribution in [2.75, 3.05) is 13.1 Å². The van der Waals surface area contributed by atoms with Gasteiger partial charge < -0.3 is 10.6 Å². The molecule has 1 saturated heterocycles. The molecule has 3 aliphatic rings. The van der Waals surface area contributed by atoms with E-state index in [1.165, 1.54) is 12.8 Å². The van der Waals surface area contributed by atoms with E-state index >= 15 is 0 Å². The Labute approximate surface area is 156 Å². The van der Waals surface area contributed by atoms with E-state index in [-0.39, 0.29) is 18.7 Å². The summed E-state index contributed by atoms with van der Waals surface area (Å²) in [6.07, 6.45) is 2.75. The molecule has 1 aromatic carbocycles. The van der Waals surface area contributed by atoms with Crippen LogP contribution in [0.5, 0.6) is 0 Å². The van der Waals surface area contributed by atoms with Crippen molar-refractivity contribution in [2.24, 2.45) is 0 Å². The molecule has 1 atom stereocenters. The van der Waals surface area contributed by atoms with Crippen LogP contribution < -0.4 is 16.0 Å². The average Bonchev–Trinajstić information content (AvgIpc) is 3.43. The van der Waals surface area contributed by atoms with Crippen molar-refractivity contribution in [3.63, 3.8) is 0 Å². The van der Waals surface area contributed by atoms with Crippen molar-refractivity contribution in [3.05, 3.63) is 34.9 Å². The van der Waals surface area contributed by atoms with Gasteiger partial charge in [0.1, 0.15) is 6.04 Å². The number of benzene rings is 1. The number of amides is 4. The first-order valence-corrected chi connectivity index (χ1v) is 9.34. The summed E-state index contributed by atoms with van der Waals surface area (Å²) in [7, 11) is 0. The van der Waals surface area contributed by atoms with Crippen LogP contribution in [0.4, 0.5) is 0 Å². The third-order valence-electron chi connectivity index (χ3n) is 5.18. The van der Waals surface area contributed by atoms with Gasteiger partial charge in [0.25, 0.3) is 11.8 Å². The molecule has 0 bridgehead atoms. The zero-order chi connectivity index (χ0) is 19.0. The molecule has 2 heterocycles. The fourth-order valence-corrected chi connectivity index (χ4v) is 3.61. The number of nitrogens with one attached hydrogen (secondary N) is 3. The molecule has 0 aromatic heterocycles. The number of fused-ring (bicyclic) bond motifs is 1. The molecule has 4 rings (SSSR count). The van der Waals surface area contributed by atoms with Crippen LogP contribution in [-0.2, 0) is 16.1 Å². The minimum atomic E-state index is -0.932. The molecule has 3 N–H and O–H groups in total. The lowest BCUT2D eigenvalue weighted by Crippen LogP contribution is -2.54. The molecule has 1 unspecified atom stereocenters. The number of carbonyl (C=O) groups excluding carboxylic acids is 4. The molecule has 142 valence electrons. The van der Waals surface area contributed by atoms with Crippen molar-refractivity contribution in [2.45, 2.75) is 44.3 Å². The zero-order valence-corrected chi connectivity index (χ0v) is 14.9. The van der Waals surface area contributed by atoms with Crippen LogP contribution in [0.1, 0.15) is 52.0 Å². The van der Waals surface area contributed by atoms with Gasteiger partial charge in [0.15, 0.2) is 0 Å². The highest BCUT2D eigenvalue weighted by molar-refractivity contribution is 6.24. The standard InChI is InChI=1S/C19H22N4O4/c24-15-7-6-14(17(25)22-15)23-18(26)13-3-1-2-11(16(13)19(23)27)10-20-8-9-21-12-4-5-12/h1-3,12,14,20-21H,4-10H2,(H,22,24,25). The highest BCUT2D eigenvalue weighted by Gasteiger charge is 2.45. The van der Waals surface area contributed by atoms with Gasteiger partial charge in [-0.05, 0) is 30.9 Å². The maximum absolute atomic E-state index is 12.9. The molecule has 2 aliphatic heterocycles. The number of hydrogen-bond donors (Lipinski definition) is 3. The van der Waals surface area contributed by atoms with E-state index in [2.05, 4.69) is 16.0 Å². The average molecular weight is 370 g/mol. The molecule has 0 spiro atoms. The van der Waals surface area contributed by atoms with Gasteiger partial charge in [0, 0.05) is 32.1 Å². The Hall–Kier alpha value is -2.58. The largest absolute Gasteiger partial charge is 0.313 e. The lowest BCUT2D eigenvalue weighted by Gasteiger charge is -2.27. The second-order valence-corrected chi connectivity index (χ2v) is 7.19. The third kappa shape index (κ3) is 3.50. The minimum Gasteiger partial charge on any atom is -0.313 e. The molecular formula is C19H22N4O4. The topological polar surface area (TPSA) is 108 Å². The summed E-state index contributed by atoms with van der Waals surface area (Å²) >= 11 is 0. The Morgan fingerprint density at radius 2 is 1.85 bits per heavy atom. The quantitative estimate of drug-likeness (QED) is 0.458. The minimum absolute atomic E-state index is 0.117. The van der Waals surface area contributed by atoms with E-state index in [0.717, 1.165) is 23.6 Å². The number of hydrogen-bond acceptors (Lipinski definition) is 6. The predicted molar refractivity (Wildman–Crippen MR) is 95.8 cm³/mol. The Morgan fingerprint density at radius 3 is 2.59 bits per heavy atom. The highest BCUT2D eigenvalue weighted by Crippen LogP contribution is 2.29. The normalized spacial score (nSPS) is 22.2. The SMILES string of the molecule is O=C1CCC(N2C(=O)c3cccc(CNCCNC4CC4)c3C2=O)C(=O)N1. The Bertz CT molecular complexity index is 818. The van der Waals surface area contributed by atoms with Crippen molar-refractivity contribution in [3.8, 4) is 0 Å². The molecule has 1 aliphatic carbocycles. The molecule has 8 nitrogen and oxygen atoms in total. The molecule has 0 radical (unpaired) electrons. The van der Waals surface area contributed by atoms with E-state index < -0.39 is 23.8 Å². The summed E-state index contributed by atoms with van der Waals surface area (Å²) in [5.74, 6) is -1.90. The van der Waals surface area contributed by atoms with Gasteiger partial charge in [-0.3, -0.25) is 29.4 Å². The summed E-state index contributed by atoms with van der Waals surface area (Å²) in [6, 6.07) is 4.89. The lowest BCUT2D eigenvalue weighted by atomic mass is 10.0. The maximum atomic E-state index is 12.9. The van der Waals surface area contributed by atoms with Gasteiger partial charge in [-0.25, -0.2) is 0 Å². The van der Waals surface area contributed by atoms with Crippen LogP contribution in [0, 0.1) is 0 Å². The summed E-state index contributed by atoms with van der Waals surface area (Å²) in [5, 5.41) is 8.90. The summed E-state index contributed by atoms with van der Waals surface area (Å²) in [5.41, 5.74) is 1.42. The predicted octanol–water partition coefficient (Wildman–Crippen LogP) is -0.0706. The van der Waals surface area contributed by atoms with Crippen LogP contribution >= 0.6 is 0 Å². The second kappa shape index (κ2) is 7.21. The summed E-state index contributed by atoms with van der Waals surface area (Å²) < 4.78 is 0. The summed E-state index contributed by atoms with van der Waals surface area (Å²) in [6.45, 7) is 2.09. The molecule has 1 aromatic rings. The highest BCUT2D eigenvalue weighted by atomic mass is 16.2. The molecular weight excluding hydrogens is 348 g/mol. The number of imide groups is 2. The van der Waals surface area contributed by atoms with Gasteiger partial charge >= 0.3 is 0 Å². The van der Waals surface area contributed by atoms with Crippen LogP contribution in [0.3, 0.4) is 0 Å². The maximum Gasteiger partial charge on any atom is 0.262 e. The van der Waals surface area contributed by atoms with E-state index in [1.807, 2.05) is 6.07 Å². The number of rotatable bonds is 7. The first kappa shape index (κ1) is 17.8. The number of carbonyl (C=O) groups is 4. The van der Waals surface area contributed by atoms with Crippen molar-refractivity contribution >= 4 is 23.6 Å². The van der Waals surface area contributed by atoms with Crippen LogP contribution in [0.25, 0.3) is 0 Å². The molecule has 8 heteroatoms. The van der Waals surface area contributed by atoms with Crippen molar-refractivity contribution < 1.29 is 19.2 Å². The van der Waals surface area contributed by atoms with Gasteiger partial charge in [-0.1, -0.05) is 12.1 Å². The Balaban J connectivity index is 1.47. The zero-order valence-electron chi connectivity index (χ0n) is 14.9. The number of nitrogens with zero attached hydrogens (tertiary/aromatic N) is 1. The van der Waals surface area contributed by atoms with Crippen molar-refractivity contribution in [1.82, 2.24) is 20.9 Å². The molecule has 1 saturated carbocycles. The first-order chi connectivity index (χ1) is 13.1. The lowest BCUT2D eigenvalue weighted by molar-refractivity contribution is -0.136. The van der Waals surface area contributed by atoms with E-state index in [1.54, 1.807) is 12.1 Å². The van der Waals surface area contributed by atoms with E-state index in [0.29, 0.717) is 23.7 Å². The molecule has 27 heavy (non-hydrogen) atoms.